The van der Waals surface area contributed by atoms with Gasteiger partial charge in [0.05, 0.1) is 0 Å². The highest BCUT2D eigenvalue weighted by Gasteiger charge is 2.15. The molecule has 2 rings (SSSR count). The van der Waals surface area contributed by atoms with Crippen LogP contribution < -0.4 is 5.56 Å². The third-order valence-corrected chi connectivity index (χ3v) is 3.31. The Morgan fingerprint density at radius 2 is 2.28 bits per heavy atom. The van der Waals surface area contributed by atoms with E-state index in [0.29, 0.717) is 10.6 Å². The van der Waals surface area contributed by atoms with Gasteiger partial charge < -0.3 is 9.72 Å². The topological polar surface area (TPSA) is 72.1 Å². The number of ether oxygens (including phenoxy) is 1. The number of thiazole rings is 1. The number of aromatic amines is 1. The van der Waals surface area contributed by atoms with Crippen LogP contribution in [0.15, 0.2) is 22.4 Å². The molecule has 0 atom stereocenters. The molecular formula is C12H12N2O3S. The number of hydrogen-bond acceptors (Lipinski definition) is 5. The molecule has 94 valence electrons. The summed E-state index contributed by atoms with van der Waals surface area (Å²) in [4.78, 5) is 30.0. The van der Waals surface area contributed by atoms with Crippen molar-refractivity contribution in [3.05, 3.63) is 49.8 Å². The molecule has 0 fully saturated rings. The van der Waals surface area contributed by atoms with Crippen molar-refractivity contribution in [2.45, 2.75) is 20.5 Å². The van der Waals surface area contributed by atoms with Crippen LogP contribution in [0.5, 0.6) is 0 Å². The van der Waals surface area contributed by atoms with Gasteiger partial charge in [0.15, 0.2) is 0 Å². The number of carbonyl (C=O) groups is 1. The van der Waals surface area contributed by atoms with E-state index in [4.69, 9.17) is 4.74 Å². The lowest BCUT2D eigenvalue weighted by Gasteiger charge is -2.04. The van der Waals surface area contributed by atoms with Crippen molar-refractivity contribution in [1.82, 2.24) is 9.97 Å². The molecule has 2 aromatic heterocycles. The standard InChI is InChI=1S/C12H12N2O3S/c1-7-3-4-13-11(15)10(7)12(16)17-5-9-14-8(2)6-18-9/h3-4,6H,5H2,1-2H3,(H,13,15). The second kappa shape index (κ2) is 5.14. The minimum atomic E-state index is -0.623. The Labute approximate surface area is 107 Å². The first-order valence-electron chi connectivity index (χ1n) is 5.34. The van der Waals surface area contributed by atoms with E-state index < -0.39 is 11.5 Å². The number of esters is 1. The van der Waals surface area contributed by atoms with Crippen LogP contribution in [-0.2, 0) is 11.3 Å². The molecule has 2 heterocycles. The minimum absolute atomic E-state index is 0.0470. The quantitative estimate of drug-likeness (QED) is 0.858. The molecule has 18 heavy (non-hydrogen) atoms. The van der Waals surface area contributed by atoms with Crippen LogP contribution in [0.3, 0.4) is 0 Å². The number of H-pyrrole nitrogens is 1. The highest BCUT2D eigenvalue weighted by molar-refractivity contribution is 7.09. The van der Waals surface area contributed by atoms with E-state index in [-0.39, 0.29) is 12.2 Å². The monoisotopic (exact) mass is 264 g/mol. The number of carbonyl (C=O) groups excluding carboxylic acids is 1. The molecule has 1 N–H and O–H groups in total. The van der Waals surface area contributed by atoms with Gasteiger partial charge in [-0.05, 0) is 25.5 Å². The van der Waals surface area contributed by atoms with Gasteiger partial charge >= 0.3 is 5.97 Å². The van der Waals surface area contributed by atoms with Crippen LogP contribution in [0.2, 0.25) is 0 Å². The number of aromatic nitrogens is 2. The molecule has 0 radical (unpaired) electrons. The fraction of sp³-hybridized carbons (Fsp3) is 0.250. The van der Waals surface area contributed by atoms with Crippen molar-refractivity contribution >= 4 is 17.3 Å². The lowest BCUT2D eigenvalue weighted by Crippen LogP contribution is -2.20. The molecule has 0 aromatic carbocycles. The van der Waals surface area contributed by atoms with Gasteiger partial charge in [0.1, 0.15) is 17.2 Å². The van der Waals surface area contributed by atoms with Crippen LogP contribution in [-0.4, -0.2) is 15.9 Å². The van der Waals surface area contributed by atoms with Crippen molar-refractivity contribution in [2.24, 2.45) is 0 Å². The molecular weight excluding hydrogens is 252 g/mol. The molecule has 0 saturated heterocycles. The number of hydrogen-bond donors (Lipinski definition) is 1. The highest BCUT2D eigenvalue weighted by atomic mass is 32.1. The summed E-state index contributed by atoms with van der Waals surface area (Å²) in [6, 6.07) is 1.66. The second-order valence-corrected chi connectivity index (χ2v) is 4.77. The smallest absolute Gasteiger partial charge is 0.344 e. The molecule has 0 bridgehead atoms. The van der Waals surface area contributed by atoms with E-state index in [1.807, 2.05) is 12.3 Å². The van der Waals surface area contributed by atoms with Crippen molar-refractivity contribution in [1.29, 1.82) is 0 Å². The Kier molecular flexibility index (Phi) is 3.57. The fourth-order valence-corrected chi connectivity index (χ4v) is 2.18. The van der Waals surface area contributed by atoms with E-state index in [1.165, 1.54) is 17.5 Å². The third-order valence-electron chi connectivity index (χ3n) is 2.37. The van der Waals surface area contributed by atoms with E-state index in [2.05, 4.69) is 9.97 Å². The minimum Gasteiger partial charge on any atom is -0.455 e. The number of rotatable bonds is 3. The average molecular weight is 264 g/mol. The fourth-order valence-electron chi connectivity index (χ4n) is 1.50. The largest absolute Gasteiger partial charge is 0.455 e. The normalized spacial score (nSPS) is 10.3. The maximum absolute atomic E-state index is 11.8. The van der Waals surface area contributed by atoms with Gasteiger partial charge in [-0.2, -0.15) is 0 Å². The summed E-state index contributed by atoms with van der Waals surface area (Å²) in [7, 11) is 0. The molecule has 0 aliphatic rings. The lowest BCUT2D eigenvalue weighted by atomic mass is 10.1. The predicted octanol–water partition coefficient (Wildman–Crippen LogP) is 1.81. The Hall–Kier alpha value is -1.95. The molecule has 0 aliphatic carbocycles. The van der Waals surface area contributed by atoms with Crippen molar-refractivity contribution < 1.29 is 9.53 Å². The van der Waals surface area contributed by atoms with Gasteiger partial charge in [0.25, 0.3) is 5.56 Å². The van der Waals surface area contributed by atoms with Gasteiger partial charge in [-0.15, -0.1) is 11.3 Å². The zero-order chi connectivity index (χ0) is 13.1. The molecule has 2 aromatic rings. The summed E-state index contributed by atoms with van der Waals surface area (Å²) in [6.07, 6.45) is 1.50. The zero-order valence-corrected chi connectivity index (χ0v) is 10.8. The van der Waals surface area contributed by atoms with E-state index in [9.17, 15) is 9.59 Å². The third kappa shape index (κ3) is 2.65. The first-order valence-corrected chi connectivity index (χ1v) is 6.22. The second-order valence-electron chi connectivity index (χ2n) is 3.82. The number of pyridine rings is 1. The number of nitrogens with zero attached hydrogens (tertiary/aromatic N) is 1. The van der Waals surface area contributed by atoms with Crippen LogP contribution in [0.1, 0.15) is 26.6 Å². The molecule has 0 aliphatic heterocycles. The summed E-state index contributed by atoms with van der Waals surface area (Å²) >= 11 is 1.42. The van der Waals surface area contributed by atoms with E-state index in [0.717, 1.165) is 5.69 Å². The zero-order valence-electron chi connectivity index (χ0n) is 10.0. The highest BCUT2D eigenvalue weighted by Crippen LogP contribution is 2.11. The Bertz CT molecular complexity index is 630. The number of nitrogens with one attached hydrogen (secondary N) is 1. The SMILES string of the molecule is Cc1csc(COC(=O)c2c(C)cc[nH]c2=O)n1. The maximum atomic E-state index is 11.8. The number of aryl methyl sites for hydroxylation is 2. The first-order chi connectivity index (χ1) is 8.58. The molecule has 6 heteroatoms. The maximum Gasteiger partial charge on any atom is 0.344 e. The van der Waals surface area contributed by atoms with E-state index >= 15 is 0 Å². The lowest BCUT2D eigenvalue weighted by molar-refractivity contribution is 0.0469. The van der Waals surface area contributed by atoms with Gasteiger partial charge in [-0.1, -0.05) is 0 Å². The van der Waals surface area contributed by atoms with Crippen LogP contribution in [0.4, 0.5) is 0 Å². The summed E-state index contributed by atoms with van der Waals surface area (Å²) in [5.41, 5.74) is 1.10. The molecule has 0 spiro atoms. The average Bonchev–Trinajstić information content (AvgIpc) is 2.72. The summed E-state index contributed by atoms with van der Waals surface area (Å²) < 4.78 is 5.08. The molecule has 0 unspecified atom stereocenters. The van der Waals surface area contributed by atoms with Gasteiger partial charge in [-0.25, -0.2) is 9.78 Å². The Morgan fingerprint density at radius 1 is 1.50 bits per heavy atom. The van der Waals surface area contributed by atoms with Crippen molar-refractivity contribution in [2.75, 3.05) is 0 Å². The predicted molar refractivity (Wildman–Crippen MR) is 67.8 cm³/mol. The van der Waals surface area contributed by atoms with E-state index in [1.54, 1.807) is 13.0 Å². The van der Waals surface area contributed by atoms with Gasteiger partial charge in [0, 0.05) is 17.3 Å². The van der Waals surface area contributed by atoms with Gasteiger partial charge in [0.2, 0.25) is 0 Å². The van der Waals surface area contributed by atoms with Crippen molar-refractivity contribution in [3.8, 4) is 0 Å². The molecule has 0 amide bonds. The Morgan fingerprint density at radius 3 is 2.89 bits per heavy atom. The first kappa shape index (κ1) is 12.5. The Balaban J connectivity index is 2.11. The molecule has 5 nitrogen and oxygen atoms in total. The van der Waals surface area contributed by atoms with Crippen LogP contribution in [0, 0.1) is 13.8 Å². The summed E-state index contributed by atoms with van der Waals surface area (Å²) in [5, 5.41) is 2.59. The van der Waals surface area contributed by atoms with Gasteiger partial charge in [-0.3, -0.25) is 4.79 Å². The summed E-state index contributed by atoms with van der Waals surface area (Å²) in [5.74, 6) is -0.623. The van der Waals surface area contributed by atoms with Crippen molar-refractivity contribution in [3.63, 3.8) is 0 Å². The van der Waals surface area contributed by atoms with Crippen LogP contribution >= 0.6 is 11.3 Å². The van der Waals surface area contributed by atoms with Crippen LogP contribution in [0.25, 0.3) is 0 Å². The molecule has 0 saturated carbocycles. The summed E-state index contributed by atoms with van der Waals surface area (Å²) in [6.45, 7) is 3.65.